The van der Waals surface area contributed by atoms with Crippen LogP contribution < -0.4 is 0 Å². The summed E-state index contributed by atoms with van der Waals surface area (Å²) in [5.74, 6) is 0. The van der Waals surface area contributed by atoms with Gasteiger partial charge in [-0.05, 0) is 12.8 Å². The molecular formula is C6H12N2O. The highest BCUT2D eigenvalue weighted by atomic mass is 16.3. The number of aliphatic hydroxyl groups is 1. The van der Waals surface area contributed by atoms with Crippen LogP contribution in [0, 0.1) is 0 Å². The Morgan fingerprint density at radius 2 is 2.56 bits per heavy atom. The molecule has 1 rings (SSSR count). The van der Waals surface area contributed by atoms with Gasteiger partial charge in [-0.1, -0.05) is 0 Å². The Labute approximate surface area is 55.0 Å². The molecular weight excluding hydrogens is 116 g/mol. The second-order valence-corrected chi connectivity index (χ2v) is 2.31. The lowest BCUT2D eigenvalue weighted by atomic mass is 10.3. The van der Waals surface area contributed by atoms with Crippen molar-refractivity contribution >= 4 is 6.34 Å². The van der Waals surface area contributed by atoms with Crippen LogP contribution in [0.15, 0.2) is 4.99 Å². The van der Waals surface area contributed by atoms with E-state index < -0.39 is 0 Å². The normalized spacial score (nSPS) is 28.2. The third-order valence-corrected chi connectivity index (χ3v) is 1.48. The predicted molar refractivity (Wildman–Crippen MR) is 36.4 cm³/mol. The van der Waals surface area contributed by atoms with Crippen molar-refractivity contribution in [3.63, 3.8) is 0 Å². The molecule has 0 fully saturated rings. The van der Waals surface area contributed by atoms with Gasteiger partial charge in [0.2, 0.25) is 0 Å². The number of nitrogens with zero attached hydrogens (tertiary/aromatic N) is 2. The highest BCUT2D eigenvalue weighted by Crippen LogP contribution is 2.03. The summed E-state index contributed by atoms with van der Waals surface area (Å²) in [5.41, 5.74) is 0. The van der Waals surface area contributed by atoms with Gasteiger partial charge >= 0.3 is 0 Å². The molecule has 0 aliphatic carbocycles. The standard InChI is InChI=1S/C6H12N2O/c1-8-5-7-4-2-3-6(8)9/h5-6,9H,2-4H2,1H3. The number of aliphatic imine (C=N–C) groups is 1. The minimum atomic E-state index is -0.323. The molecule has 0 saturated carbocycles. The number of hydrogen-bond acceptors (Lipinski definition) is 3. The first kappa shape index (κ1) is 6.55. The minimum Gasteiger partial charge on any atom is -0.374 e. The topological polar surface area (TPSA) is 35.8 Å². The van der Waals surface area contributed by atoms with E-state index in [1.165, 1.54) is 0 Å². The average molecular weight is 128 g/mol. The molecule has 3 nitrogen and oxygen atoms in total. The molecule has 0 aromatic heterocycles. The zero-order valence-electron chi connectivity index (χ0n) is 5.62. The van der Waals surface area contributed by atoms with Crippen molar-refractivity contribution < 1.29 is 5.11 Å². The lowest BCUT2D eigenvalue weighted by Crippen LogP contribution is -2.28. The molecule has 1 aliphatic heterocycles. The Bertz CT molecular complexity index is 114. The smallest absolute Gasteiger partial charge is 0.127 e. The first-order chi connectivity index (χ1) is 4.30. The summed E-state index contributed by atoms with van der Waals surface area (Å²) >= 11 is 0. The number of aliphatic hydroxyl groups excluding tert-OH is 1. The van der Waals surface area contributed by atoms with E-state index in [0.29, 0.717) is 0 Å². The maximum absolute atomic E-state index is 9.19. The van der Waals surface area contributed by atoms with Gasteiger partial charge in [-0.3, -0.25) is 4.99 Å². The Kier molecular flexibility index (Phi) is 2.05. The molecule has 0 bridgehead atoms. The lowest BCUT2D eigenvalue weighted by Gasteiger charge is -2.17. The number of hydrogen-bond donors (Lipinski definition) is 1. The largest absolute Gasteiger partial charge is 0.374 e. The van der Waals surface area contributed by atoms with E-state index in [9.17, 15) is 5.11 Å². The Balaban J connectivity index is 2.46. The molecule has 1 atom stereocenters. The van der Waals surface area contributed by atoms with E-state index in [1.807, 2.05) is 7.05 Å². The molecule has 1 unspecified atom stereocenters. The van der Waals surface area contributed by atoms with Crippen LogP contribution >= 0.6 is 0 Å². The predicted octanol–water partition coefficient (Wildman–Crippen LogP) is 0.0587. The van der Waals surface area contributed by atoms with Crippen molar-refractivity contribution in [1.82, 2.24) is 4.90 Å². The average Bonchev–Trinajstić information content (AvgIpc) is 1.99. The van der Waals surface area contributed by atoms with Crippen LogP contribution in [0.5, 0.6) is 0 Å². The maximum Gasteiger partial charge on any atom is 0.127 e. The molecule has 0 aromatic carbocycles. The van der Waals surface area contributed by atoms with Gasteiger partial charge in [0, 0.05) is 13.6 Å². The third kappa shape index (κ3) is 1.68. The van der Waals surface area contributed by atoms with Crippen molar-refractivity contribution in [2.24, 2.45) is 4.99 Å². The van der Waals surface area contributed by atoms with Crippen LogP contribution in [0.3, 0.4) is 0 Å². The summed E-state index contributed by atoms with van der Waals surface area (Å²) in [6.07, 6.45) is 3.19. The van der Waals surface area contributed by atoms with Gasteiger partial charge in [0.1, 0.15) is 6.23 Å². The molecule has 1 N–H and O–H groups in total. The van der Waals surface area contributed by atoms with Crippen LogP contribution in [0.25, 0.3) is 0 Å². The van der Waals surface area contributed by atoms with Crippen molar-refractivity contribution in [3.8, 4) is 0 Å². The van der Waals surface area contributed by atoms with E-state index >= 15 is 0 Å². The molecule has 52 valence electrons. The highest BCUT2D eigenvalue weighted by molar-refractivity contribution is 5.54. The molecule has 0 radical (unpaired) electrons. The monoisotopic (exact) mass is 128 g/mol. The van der Waals surface area contributed by atoms with Gasteiger partial charge in [0.25, 0.3) is 0 Å². The fraction of sp³-hybridized carbons (Fsp3) is 0.833. The summed E-state index contributed by atoms with van der Waals surface area (Å²) in [4.78, 5) is 5.77. The zero-order chi connectivity index (χ0) is 6.69. The van der Waals surface area contributed by atoms with Crippen LogP contribution in [0.1, 0.15) is 12.8 Å². The summed E-state index contributed by atoms with van der Waals surface area (Å²) < 4.78 is 0. The van der Waals surface area contributed by atoms with E-state index in [2.05, 4.69) is 4.99 Å². The molecule has 3 heteroatoms. The van der Waals surface area contributed by atoms with E-state index in [-0.39, 0.29) is 6.23 Å². The Morgan fingerprint density at radius 3 is 3.33 bits per heavy atom. The SMILES string of the molecule is CN1C=NCCCC1O. The summed E-state index contributed by atoms with van der Waals surface area (Å²) in [7, 11) is 1.83. The minimum absolute atomic E-state index is 0.323. The van der Waals surface area contributed by atoms with Gasteiger partial charge in [-0.25, -0.2) is 0 Å². The second kappa shape index (κ2) is 2.82. The summed E-state index contributed by atoms with van der Waals surface area (Å²) in [6, 6.07) is 0. The molecule has 1 heterocycles. The lowest BCUT2D eigenvalue weighted by molar-refractivity contribution is 0.0665. The molecule has 0 saturated heterocycles. The van der Waals surface area contributed by atoms with Gasteiger partial charge in [0.05, 0.1) is 6.34 Å². The molecule has 0 aromatic rings. The second-order valence-electron chi connectivity index (χ2n) is 2.31. The van der Waals surface area contributed by atoms with Crippen LogP contribution in [0.2, 0.25) is 0 Å². The first-order valence-corrected chi connectivity index (χ1v) is 3.20. The van der Waals surface area contributed by atoms with Crippen molar-refractivity contribution in [2.45, 2.75) is 19.1 Å². The Hall–Kier alpha value is -0.570. The zero-order valence-corrected chi connectivity index (χ0v) is 5.62. The van der Waals surface area contributed by atoms with Crippen molar-refractivity contribution in [1.29, 1.82) is 0 Å². The molecule has 9 heavy (non-hydrogen) atoms. The molecule has 1 aliphatic rings. The summed E-state index contributed by atoms with van der Waals surface area (Å²) in [6.45, 7) is 0.849. The van der Waals surface area contributed by atoms with Gasteiger partial charge < -0.3 is 10.0 Å². The Morgan fingerprint density at radius 1 is 1.78 bits per heavy atom. The van der Waals surface area contributed by atoms with E-state index in [1.54, 1.807) is 11.2 Å². The first-order valence-electron chi connectivity index (χ1n) is 3.20. The fourth-order valence-electron chi connectivity index (χ4n) is 0.832. The van der Waals surface area contributed by atoms with Gasteiger partial charge in [0.15, 0.2) is 0 Å². The van der Waals surface area contributed by atoms with Gasteiger partial charge in [-0.2, -0.15) is 0 Å². The van der Waals surface area contributed by atoms with Crippen molar-refractivity contribution in [3.05, 3.63) is 0 Å². The molecule has 0 spiro atoms. The summed E-state index contributed by atoms with van der Waals surface area (Å²) in [5, 5.41) is 9.19. The quantitative estimate of drug-likeness (QED) is 0.500. The van der Waals surface area contributed by atoms with E-state index in [0.717, 1.165) is 19.4 Å². The van der Waals surface area contributed by atoms with Crippen LogP contribution in [-0.2, 0) is 0 Å². The van der Waals surface area contributed by atoms with E-state index in [4.69, 9.17) is 0 Å². The van der Waals surface area contributed by atoms with Gasteiger partial charge in [-0.15, -0.1) is 0 Å². The highest BCUT2D eigenvalue weighted by Gasteiger charge is 2.08. The number of rotatable bonds is 0. The maximum atomic E-state index is 9.19. The van der Waals surface area contributed by atoms with Crippen LogP contribution in [-0.4, -0.2) is 36.2 Å². The van der Waals surface area contributed by atoms with Crippen LogP contribution in [0.4, 0.5) is 0 Å². The van der Waals surface area contributed by atoms with Crippen molar-refractivity contribution in [2.75, 3.05) is 13.6 Å². The molecule has 0 amide bonds. The fourth-order valence-corrected chi connectivity index (χ4v) is 0.832. The third-order valence-electron chi connectivity index (χ3n) is 1.48.